The molecule has 1 unspecified atom stereocenters. The molecule has 0 bridgehead atoms. The average molecular weight is 309 g/mol. The summed E-state index contributed by atoms with van der Waals surface area (Å²) in [7, 11) is -2.06. The Morgan fingerprint density at radius 3 is 2.14 bits per heavy atom. The van der Waals surface area contributed by atoms with Crippen molar-refractivity contribution in [2.75, 3.05) is 6.61 Å². The standard InChI is InChI=1S/C18H32O2Si/c1-5-9-13-16-19-21(7-3,8-4)20-18(6-2)17-14-11-10-12-15-17/h10-12,14-15,18H,5-9,13,16H2,1-4H3. The molecule has 0 fully saturated rings. The van der Waals surface area contributed by atoms with Gasteiger partial charge in [0.1, 0.15) is 0 Å². The molecule has 0 saturated carbocycles. The molecule has 0 amide bonds. The molecule has 0 aromatic heterocycles. The van der Waals surface area contributed by atoms with Crippen molar-refractivity contribution in [3.8, 4) is 0 Å². The third kappa shape index (κ3) is 5.93. The lowest BCUT2D eigenvalue weighted by Crippen LogP contribution is -2.42. The van der Waals surface area contributed by atoms with Crippen LogP contribution in [-0.2, 0) is 8.85 Å². The van der Waals surface area contributed by atoms with Gasteiger partial charge in [0.25, 0.3) is 0 Å². The van der Waals surface area contributed by atoms with Gasteiger partial charge in [-0.1, -0.05) is 70.9 Å². The molecule has 2 nitrogen and oxygen atoms in total. The fourth-order valence-corrected chi connectivity index (χ4v) is 5.23. The molecule has 1 aromatic carbocycles. The molecular formula is C18H32O2Si. The van der Waals surface area contributed by atoms with Gasteiger partial charge in [0.15, 0.2) is 0 Å². The van der Waals surface area contributed by atoms with Crippen molar-refractivity contribution < 1.29 is 8.85 Å². The van der Waals surface area contributed by atoms with Gasteiger partial charge < -0.3 is 8.85 Å². The van der Waals surface area contributed by atoms with E-state index in [1.165, 1.54) is 18.4 Å². The Morgan fingerprint density at radius 1 is 0.952 bits per heavy atom. The molecule has 0 saturated heterocycles. The van der Waals surface area contributed by atoms with Crippen LogP contribution in [-0.4, -0.2) is 15.2 Å². The van der Waals surface area contributed by atoms with E-state index in [9.17, 15) is 0 Å². The van der Waals surface area contributed by atoms with Crippen LogP contribution in [0.3, 0.4) is 0 Å². The Labute approximate surface area is 132 Å². The van der Waals surface area contributed by atoms with Crippen molar-refractivity contribution in [2.24, 2.45) is 0 Å². The first kappa shape index (κ1) is 18.4. The molecule has 0 aliphatic rings. The highest BCUT2D eigenvalue weighted by Gasteiger charge is 2.36. The zero-order valence-corrected chi connectivity index (χ0v) is 15.2. The van der Waals surface area contributed by atoms with Crippen LogP contribution < -0.4 is 0 Å². The lowest BCUT2D eigenvalue weighted by molar-refractivity contribution is 0.108. The maximum atomic E-state index is 6.57. The van der Waals surface area contributed by atoms with Crippen LogP contribution in [0.4, 0.5) is 0 Å². The topological polar surface area (TPSA) is 18.5 Å². The molecular weight excluding hydrogens is 276 g/mol. The molecule has 3 heteroatoms. The van der Waals surface area contributed by atoms with Gasteiger partial charge in [-0.05, 0) is 30.5 Å². The van der Waals surface area contributed by atoms with Gasteiger partial charge in [-0.25, -0.2) is 0 Å². The molecule has 21 heavy (non-hydrogen) atoms. The number of hydrogen-bond acceptors (Lipinski definition) is 2. The highest BCUT2D eigenvalue weighted by Crippen LogP contribution is 2.30. The minimum absolute atomic E-state index is 0.170. The van der Waals surface area contributed by atoms with Crippen LogP contribution >= 0.6 is 0 Å². The Hall–Kier alpha value is -0.643. The van der Waals surface area contributed by atoms with E-state index in [2.05, 4.69) is 58.0 Å². The summed E-state index contributed by atoms with van der Waals surface area (Å²) in [6.07, 6.45) is 4.80. The third-order valence-corrected chi connectivity index (χ3v) is 7.69. The minimum Gasteiger partial charge on any atom is -0.394 e. The molecule has 0 spiro atoms. The van der Waals surface area contributed by atoms with E-state index in [4.69, 9.17) is 8.85 Å². The summed E-state index contributed by atoms with van der Waals surface area (Å²) in [6, 6.07) is 12.6. The van der Waals surface area contributed by atoms with Crippen molar-refractivity contribution in [2.45, 2.75) is 71.6 Å². The fraction of sp³-hybridized carbons (Fsp3) is 0.667. The van der Waals surface area contributed by atoms with Crippen LogP contribution in [0.25, 0.3) is 0 Å². The molecule has 1 rings (SSSR count). The molecule has 0 radical (unpaired) electrons. The summed E-state index contributed by atoms with van der Waals surface area (Å²) in [5.74, 6) is 0. The third-order valence-electron chi connectivity index (χ3n) is 4.09. The maximum Gasteiger partial charge on any atom is 0.338 e. The van der Waals surface area contributed by atoms with Gasteiger partial charge in [0.2, 0.25) is 0 Å². The summed E-state index contributed by atoms with van der Waals surface area (Å²) in [5, 5.41) is 0. The molecule has 0 aliphatic carbocycles. The second-order valence-corrected chi connectivity index (χ2v) is 9.36. The largest absolute Gasteiger partial charge is 0.394 e. The van der Waals surface area contributed by atoms with Gasteiger partial charge in [-0.15, -0.1) is 0 Å². The molecule has 120 valence electrons. The van der Waals surface area contributed by atoms with Gasteiger partial charge in [-0.2, -0.15) is 0 Å². The second-order valence-electron chi connectivity index (χ2n) is 5.60. The van der Waals surface area contributed by atoms with E-state index in [-0.39, 0.29) is 6.10 Å². The van der Waals surface area contributed by atoms with Gasteiger partial charge in [0, 0.05) is 6.61 Å². The molecule has 1 aromatic rings. The summed E-state index contributed by atoms with van der Waals surface area (Å²) < 4.78 is 12.9. The van der Waals surface area contributed by atoms with Crippen LogP contribution in [0.2, 0.25) is 12.1 Å². The van der Waals surface area contributed by atoms with Crippen molar-refractivity contribution in [3.05, 3.63) is 35.9 Å². The predicted molar refractivity (Wildman–Crippen MR) is 92.8 cm³/mol. The van der Waals surface area contributed by atoms with Crippen LogP contribution in [0.1, 0.15) is 65.0 Å². The van der Waals surface area contributed by atoms with Crippen molar-refractivity contribution in [1.29, 1.82) is 0 Å². The van der Waals surface area contributed by atoms with E-state index in [0.29, 0.717) is 0 Å². The first-order valence-corrected chi connectivity index (χ1v) is 10.8. The summed E-state index contributed by atoms with van der Waals surface area (Å²) >= 11 is 0. The van der Waals surface area contributed by atoms with Crippen LogP contribution in [0, 0.1) is 0 Å². The van der Waals surface area contributed by atoms with Gasteiger partial charge in [-0.3, -0.25) is 0 Å². The molecule has 1 atom stereocenters. The normalized spacial score (nSPS) is 13.3. The molecule has 0 aliphatic heterocycles. The number of rotatable bonds is 11. The first-order valence-electron chi connectivity index (χ1n) is 8.58. The Morgan fingerprint density at radius 2 is 1.62 bits per heavy atom. The summed E-state index contributed by atoms with van der Waals surface area (Å²) in [4.78, 5) is 0. The lowest BCUT2D eigenvalue weighted by Gasteiger charge is -2.33. The van der Waals surface area contributed by atoms with Crippen LogP contribution in [0.5, 0.6) is 0 Å². The van der Waals surface area contributed by atoms with Crippen molar-refractivity contribution in [1.82, 2.24) is 0 Å². The lowest BCUT2D eigenvalue weighted by atomic mass is 10.1. The zero-order valence-electron chi connectivity index (χ0n) is 14.2. The Kier molecular flexibility index (Phi) is 8.89. The predicted octanol–water partition coefficient (Wildman–Crippen LogP) is 5.84. The monoisotopic (exact) mass is 308 g/mol. The number of hydrogen-bond donors (Lipinski definition) is 0. The maximum absolute atomic E-state index is 6.57. The number of unbranched alkanes of at least 4 members (excludes halogenated alkanes) is 2. The van der Waals surface area contributed by atoms with Crippen LogP contribution in [0.15, 0.2) is 30.3 Å². The van der Waals surface area contributed by atoms with Gasteiger partial charge in [0.05, 0.1) is 6.10 Å². The number of benzene rings is 1. The Bertz CT molecular complexity index is 363. The van der Waals surface area contributed by atoms with Crippen molar-refractivity contribution in [3.63, 3.8) is 0 Å². The van der Waals surface area contributed by atoms with E-state index in [1.807, 2.05) is 0 Å². The van der Waals surface area contributed by atoms with Gasteiger partial charge >= 0.3 is 8.56 Å². The summed E-state index contributed by atoms with van der Waals surface area (Å²) in [6.45, 7) is 9.70. The molecule has 0 heterocycles. The fourth-order valence-electron chi connectivity index (χ4n) is 2.58. The Balaban J connectivity index is 2.70. The summed E-state index contributed by atoms with van der Waals surface area (Å²) in [5.41, 5.74) is 1.27. The van der Waals surface area contributed by atoms with E-state index >= 15 is 0 Å². The van der Waals surface area contributed by atoms with Crippen molar-refractivity contribution >= 4 is 8.56 Å². The highest BCUT2D eigenvalue weighted by atomic mass is 28.4. The van der Waals surface area contributed by atoms with E-state index < -0.39 is 8.56 Å². The van der Waals surface area contributed by atoms with E-state index in [0.717, 1.165) is 31.5 Å². The average Bonchev–Trinajstić information content (AvgIpc) is 2.55. The first-order chi connectivity index (χ1) is 10.2. The zero-order chi connectivity index (χ0) is 15.6. The second kappa shape index (κ2) is 10.1. The molecule has 0 N–H and O–H groups in total. The van der Waals surface area contributed by atoms with E-state index in [1.54, 1.807) is 0 Å². The highest BCUT2D eigenvalue weighted by molar-refractivity contribution is 6.67. The minimum atomic E-state index is -2.06. The quantitative estimate of drug-likeness (QED) is 0.377. The smallest absolute Gasteiger partial charge is 0.338 e. The SMILES string of the molecule is CCCCCO[Si](CC)(CC)OC(CC)c1ccccc1.